The number of nitrogens with zero attached hydrogens (tertiary/aromatic N) is 1. The summed E-state index contributed by atoms with van der Waals surface area (Å²) in [5.74, 6) is -0.460. The van der Waals surface area contributed by atoms with Crippen LogP contribution in [-0.2, 0) is 11.2 Å². The lowest BCUT2D eigenvalue weighted by molar-refractivity contribution is -0.136. The van der Waals surface area contributed by atoms with Crippen molar-refractivity contribution in [2.24, 2.45) is 0 Å². The second-order valence-corrected chi connectivity index (χ2v) is 4.19. The number of benzene rings is 1. The molecule has 0 aliphatic heterocycles. The highest BCUT2D eigenvalue weighted by atomic mass is 35.5. The lowest BCUT2D eigenvalue weighted by Crippen LogP contribution is -2.01. The molecule has 17 heavy (non-hydrogen) atoms. The van der Waals surface area contributed by atoms with Crippen molar-refractivity contribution in [3.63, 3.8) is 0 Å². The minimum Gasteiger partial charge on any atom is -0.481 e. The molecular formula is C12H11ClN2O2. The van der Waals surface area contributed by atoms with Crippen molar-refractivity contribution in [2.75, 3.05) is 0 Å². The summed E-state index contributed by atoms with van der Waals surface area (Å²) in [5, 5.41) is 9.36. The molecule has 88 valence electrons. The Bertz CT molecular complexity index is 563. The van der Waals surface area contributed by atoms with Gasteiger partial charge >= 0.3 is 5.97 Å². The number of rotatable bonds is 3. The second-order valence-electron chi connectivity index (χ2n) is 3.78. The molecule has 1 heterocycles. The molecule has 0 spiro atoms. The Balaban J connectivity index is 2.30. The summed E-state index contributed by atoms with van der Waals surface area (Å²) in [6.45, 7) is 1.92. The Hall–Kier alpha value is -1.81. The zero-order valence-corrected chi connectivity index (χ0v) is 9.95. The van der Waals surface area contributed by atoms with Crippen molar-refractivity contribution < 1.29 is 9.90 Å². The molecule has 2 aromatic rings. The van der Waals surface area contributed by atoms with E-state index in [0.29, 0.717) is 10.8 Å². The third-order valence-electron chi connectivity index (χ3n) is 2.42. The Morgan fingerprint density at radius 2 is 2.29 bits per heavy atom. The summed E-state index contributed by atoms with van der Waals surface area (Å²) >= 11 is 5.94. The molecule has 4 nitrogen and oxygen atoms in total. The van der Waals surface area contributed by atoms with Crippen molar-refractivity contribution in [1.29, 1.82) is 0 Å². The van der Waals surface area contributed by atoms with Crippen LogP contribution in [0, 0.1) is 6.92 Å². The predicted molar refractivity (Wildman–Crippen MR) is 65.1 cm³/mol. The van der Waals surface area contributed by atoms with Gasteiger partial charge in [0.1, 0.15) is 12.2 Å². The molecule has 2 N–H and O–H groups in total. The van der Waals surface area contributed by atoms with Gasteiger partial charge in [0.25, 0.3) is 0 Å². The van der Waals surface area contributed by atoms with Crippen LogP contribution in [-0.4, -0.2) is 21.0 Å². The Labute approximate surface area is 103 Å². The third-order valence-corrected chi connectivity index (χ3v) is 2.84. The highest BCUT2D eigenvalue weighted by molar-refractivity contribution is 6.31. The topological polar surface area (TPSA) is 66.0 Å². The first-order valence-corrected chi connectivity index (χ1v) is 5.46. The molecule has 2 rings (SSSR count). The van der Waals surface area contributed by atoms with E-state index in [1.165, 1.54) is 0 Å². The molecule has 1 aromatic heterocycles. The maximum absolute atomic E-state index is 10.5. The fourth-order valence-corrected chi connectivity index (χ4v) is 1.67. The number of H-pyrrole nitrogens is 1. The van der Waals surface area contributed by atoms with E-state index in [-0.39, 0.29) is 6.42 Å². The molecule has 0 bridgehead atoms. The van der Waals surface area contributed by atoms with Crippen LogP contribution in [0.25, 0.3) is 11.3 Å². The number of hydrogen-bond donors (Lipinski definition) is 2. The number of halogens is 1. The van der Waals surface area contributed by atoms with Gasteiger partial charge in [0.2, 0.25) is 0 Å². The van der Waals surface area contributed by atoms with Crippen LogP contribution >= 0.6 is 11.6 Å². The van der Waals surface area contributed by atoms with E-state index in [1.54, 1.807) is 6.20 Å². The number of aliphatic carboxylic acids is 1. The molecule has 1 aromatic carbocycles. The smallest absolute Gasteiger partial charge is 0.311 e. The summed E-state index contributed by atoms with van der Waals surface area (Å²) in [5.41, 5.74) is 2.70. The lowest BCUT2D eigenvalue weighted by atomic mass is 10.1. The van der Waals surface area contributed by atoms with E-state index < -0.39 is 5.97 Å². The van der Waals surface area contributed by atoms with Crippen LogP contribution in [0.1, 0.15) is 11.4 Å². The highest BCUT2D eigenvalue weighted by Gasteiger charge is 2.07. The number of imidazole rings is 1. The quantitative estimate of drug-likeness (QED) is 0.880. The van der Waals surface area contributed by atoms with Crippen LogP contribution in [0.3, 0.4) is 0 Å². The SMILES string of the molecule is Cc1cc(-c2cnc(CC(=O)O)[nH]2)ccc1Cl. The van der Waals surface area contributed by atoms with E-state index in [9.17, 15) is 4.79 Å². The van der Waals surface area contributed by atoms with Gasteiger partial charge in [-0.2, -0.15) is 0 Å². The van der Waals surface area contributed by atoms with Crippen LogP contribution in [0.15, 0.2) is 24.4 Å². The number of carbonyl (C=O) groups is 1. The van der Waals surface area contributed by atoms with E-state index >= 15 is 0 Å². The van der Waals surface area contributed by atoms with Gasteiger partial charge in [-0.3, -0.25) is 4.79 Å². The maximum atomic E-state index is 10.5. The minimum atomic E-state index is -0.904. The molecule has 0 saturated carbocycles. The highest BCUT2D eigenvalue weighted by Crippen LogP contribution is 2.23. The molecule has 5 heteroatoms. The maximum Gasteiger partial charge on any atom is 0.311 e. The van der Waals surface area contributed by atoms with Crippen LogP contribution in [0.5, 0.6) is 0 Å². The molecule has 0 atom stereocenters. The number of carboxylic acid groups (broad SMARTS) is 1. The molecular weight excluding hydrogens is 240 g/mol. The summed E-state index contributed by atoms with van der Waals surface area (Å²) in [6, 6.07) is 5.61. The average Bonchev–Trinajstić information content (AvgIpc) is 2.69. The molecule has 0 fully saturated rings. The monoisotopic (exact) mass is 250 g/mol. The van der Waals surface area contributed by atoms with Crippen molar-refractivity contribution in [3.05, 3.63) is 40.8 Å². The largest absolute Gasteiger partial charge is 0.481 e. The van der Waals surface area contributed by atoms with Crippen molar-refractivity contribution in [3.8, 4) is 11.3 Å². The zero-order chi connectivity index (χ0) is 12.4. The van der Waals surface area contributed by atoms with Crippen LogP contribution in [0.4, 0.5) is 0 Å². The van der Waals surface area contributed by atoms with E-state index in [1.807, 2.05) is 25.1 Å². The van der Waals surface area contributed by atoms with Gasteiger partial charge in [-0.25, -0.2) is 4.98 Å². The van der Waals surface area contributed by atoms with Gasteiger partial charge < -0.3 is 10.1 Å². The van der Waals surface area contributed by atoms with Crippen molar-refractivity contribution in [1.82, 2.24) is 9.97 Å². The standard InChI is InChI=1S/C12H11ClN2O2/c1-7-4-8(2-3-9(7)13)10-6-14-11(15-10)5-12(16)17/h2-4,6H,5H2,1H3,(H,14,15)(H,16,17). The second kappa shape index (κ2) is 4.59. The molecule has 0 aliphatic rings. The molecule has 0 radical (unpaired) electrons. The van der Waals surface area contributed by atoms with Gasteiger partial charge in [-0.1, -0.05) is 17.7 Å². The Kier molecular flexibility index (Phi) is 3.15. The summed E-state index contributed by atoms with van der Waals surface area (Å²) in [4.78, 5) is 17.5. The summed E-state index contributed by atoms with van der Waals surface area (Å²) < 4.78 is 0. The number of hydrogen-bond acceptors (Lipinski definition) is 2. The lowest BCUT2D eigenvalue weighted by Gasteiger charge is -2.01. The first kappa shape index (κ1) is 11.7. The van der Waals surface area contributed by atoms with Crippen LogP contribution < -0.4 is 0 Å². The van der Waals surface area contributed by atoms with E-state index in [2.05, 4.69) is 9.97 Å². The molecule has 0 saturated heterocycles. The summed E-state index contributed by atoms with van der Waals surface area (Å²) in [7, 11) is 0. The number of aromatic amines is 1. The fourth-order valence-electron chi connectivity index (χ4n) is 1.55. The molecule has 0 unspecified atom stereocenters. The number of aromatic nitrogens is 2. The van der Waals surface area contributed by atoms with Gasteiger partial charge in [0.05, 0.1) is 11.9 Å². The predicted octanol–water partition coefficient (Wildman–Crippen LogP) is 2.67. The normalized spacial score (nSPS) is 10.5. The molecule has 0 aliphatic carbocycles. The zero-order valence-electron chi connectivity index (χ0n) is 9.20. The first-order chi connectivity index (χ1) is 8.06. The third kappa shape index (κ3) is 2.65. The first-order valence-electron chi connectivity index (χ1n) is 5.08. The fraction of sp³-hybridized carbons (Fsp3) is 0.167. The van der Waals surface area contributed by atoms with Gasteiger partial charge in [0, 0.05) is 5.02 Å². The van der Waals surface area contributed by atoms with Gasteiger partial charge in [-0.05, 0) is 30.2 Å². The van der Waals surface area contributed by atoms with Gasteiger partial charge in [-0.15, -0.1) is 0 Å². The number of aryl methyl sites for hydroxylation is 1. The van der Waals surface area contributed by atoms with Gasteiger partial charge in [0.15, 0.2) is 0 Å². The minimum absolute atomic E-state index is 0.105. The molecule has 0 amide bonds. The van der Waals surface area contributed by atoms with E-state index in [0.717, 1.165) is 16.8 Å². The van der Waals surface area contributed by atoms with E-state index in [4.69, 9.17) is 16.7 Å². The summed E-state index contributed by atoms with van der Waals surface area (Å²) in [6.07, 6.45) is 1.52. The van der Waals surface area contributed by atoms with Crippen molar-refractivity contribution >= 4 is 17.6 Å². The number of carboxylic acids is 1. The Morgan fingerprint density at radius 3 is 2.94 bits per heavy atom. The van der Waals surface area contributed by atoms with Crippen LogP contribution in [0.2, 0.25) is 5.02 Å². The van der Waals surface area contributed by atoms with Crippen molar-refractivity contribution in [2.45, 2.75) is 13.3 Å². The number of nitrogens with one attached hydrogen (secondary N) is 1. The average molecular weight is 251 g/mol. The Morgan fingerprint density at radius 1 is 1.53 bits per heavy atom.